The van der Waals surface area contributed by atoms with Crippen molar-refractivity contribution in [1.82, 2.24) is 19.9 Å². The highest BCUT2D eigenvalue weighted by Gasteiger charge is 2.23. The lowest BCUT2D eigenvalue weighted by molar-refractivity contribution is -0.116. The van der Waals surface area contributed by atoms with Crippen LogP contribution in [-0.2, 0) is 4.79 Å². The van der Waals surface area contributed by atoms with Gasteiger partial charge in [-0.2, -0.15) is 0 Å². The molecule has 0 bridgehead atoms. The first-order valence-corrected chi connectivity index (χ1v) is 12.4. The van der Waals surface area contributed by atoms with Crippen molar-refractivity contribution < 1.29 is 9.18 Å². The molecular formula is C27H35FN6O. The zero-order valence-corrected chi connectivity index (χ0v) is 21.2. The van der Waals surface area contributed by atoms with Gasteiger partial charge >= 0.3 is 0 Å². The summed E-state index contributed by atoms with van der Waals surface area (Å²) in [5.74, 6) is 0.145. The molecule has 8 heteroatoms. The number of hydrogen-bond donors (Lipinski definition) is 2. The summed E-state index contributed by atoms with van der Waals surface area (Å²) in [7, 11) is 4.28. The molecule has 1 fully saturated rings. The molecule has 186 valence electrons. The highest BCUT2D eigenvalue weighted by atomic mass is 19.1. The Kier molecular flexibility index (Phi) is 7.60. The Hall–Kier alpha value is -3.13. The minimum Gasteiger partial charge on any atom is -0.351 e. The quantitative estimate of drug-likeness (QED) is 0.473. The fraction of sp³-hybridized carbons (Fsp3) is 0.481. The molecule has 1 aliphatic rings. The number of rotatable bonds is 7. The molecule has 2 heterocycles. The average Bonchev–Trinajstić information content (AvgIpc) is 2.80. The second kappa shape index (κ2) is 10.6. The number of fused-ring (bicyclic) bond motifs is 1. The van der Waals surface area contributed by atoms with Gasteiger partial charge in [0.25, 0.3) is 0 Å². The highest BCUT2D eigenvalue weighted by Crippen LogP contribution is 2.28. The third kappa shape index (κ3) is 6.11. The Balaban J connectivity index is 1.50. The number of carbonyl (C=O) groups is 1. The third-order valence-corrected chi connectivity index (χ3v) is 6.63. The van der Waals surface area contributed by atoms with Crippen molar-refractivity contribution in [3.63, 3.8) is 0 Å². The van der Waals surface area contributed by atoms with Gasteiger partial charge in [-0.3, -0.25) is 4.79 Å². The molecule has 2 N–H and O–H groups in total. The van der Waals surface area contributed by atoms with E-state index in [0.717, 1.165) is 23.9 Å². The van der Waals surface area contributed by atoms with Crippen molar-refractivity contribution in [3.8, 4) is 11.3 Å². The molecule has 0 radical (unpaired) electrons. The maximum Gasteiger partial charge on any atom is 0.224 e. The number of anilines is 2. The Bertz CT molecular complexity index is 1200. The van der Waals surface area contributed by atoms with Gasteiger partial charge in [0.1, 0.15) is 11.3 Å². The fourth-order valence-electron chi connectivity index (χ4n) is 4.67. The van der Waals surface area contributed by atoms with Gasteiger partial charge in [0.2, 0.25) is 11.9 Å². The van der Waals surface area contributed by atoms with E-state index in [9.17, 15) is 9.18 Å². The standard InChI is InChI=1S/C27H35FN6O/c1-16(2)12-25(35)32-22-11-6-18(14-21(22)28)23-13-17(3)26-24(31-23)15-29-27(33-26)30-19-7-9-20(10-8-19)34(4)5/h6,11,13-16,19-20H,7-10,12H2,1-5H3,(H,32,35)(H,29,30,33). The second-order valence-electron chi connectivity index (χ2n) is 10.2. The van der Waals surface area contributed by atoms with E-state index in [1.54, 1.807) is 18.3 Å². The number of nitrogens with one attached hydrogen (secondary N) is 2. The lowest BCUT2D eigenvalue weighted by Gasteiger charge is -2.32. The minimum atomic E-state index is -0.487. The molecule has 1 amide bonds. The van der Waals surface area contributed by atoms with Crippen molar-refractivity contribution in [3.05, 3.63) is 41.8 Å². The van der Waals surface area contributed by atoms with E-state index >= 15 is 0 Å². The number of benzene rings is 1. The Labute approximate surface area is 206 Å². The van der Waals surface area contributed by atoms with Crippen LogP contribution in [0.1, 0.15) is 51.5 Å². The van der Waals surface area contributed by atoms with Gasteiger partial charge in [-0.25, -0.2) is 19.3 Å². The average molecular weight is 479 g/mol. The van der Waals surface area contributed by atoms with Crippen molar-refractivity contribution in [2.75, 3.05) is 24.7 Å². The molecule has 0 atom stereocenters. The van der Waals surface area contributed by atoms with Crippen LogP contribution in [0.2, 0.25) is 0 Å². The summed E-state index contributed by atoms with van der Waals surface area (Å²) in [6, 6.07) is 7.68. The Morgan fingerprint density at radius 3 is 2.54 bits per heavy atom. The lowest BCUT2D eigenvalue weighted by atomic mass is 9.91. The number of pyridine rings is 1. The molecule has 0 aliphatic heterocycles. The molecule has 1 aliphatic carbocycles. The monoisotopic (exact) mass is 478 g/mol. The van der Waals surface area contributed by atoms with E-state index in [1.807, 2.05) is 26.8 Å². The van der Waals surface area contributed by atoms with Crippen LogP contribution in [0, 0.1) is 18.7 Å². The maximum absolute atomic E-state index is 14.7. The number of hydrogen-bond acceptors (Lipinski definition) is 6. The minimum absolute atomic E-state index is 0.176. The zero-order chi connectivity index (χ0) is 25.1. The van der Waals surface area contributed by atoms with Gasteiger partial charge in [0, 0.05) is 24.1 Å². The molecule has 3 aromatic rings. The summed E-state index contributed by atoms with van der Waals surface area (Å²) < 4.78 is 14.7. The first-order chi connectivity index (χ1) is 16.7. The number of aryl methyl sites for hydroxylation is 1. The van der Waals surface area contributed by atoms with Crippen molar-refractivity contribution >= 4 is 28.6 Å². The molecule has 1 saturated carbocycles. The molecule has 0 spiro atoms. The maximum atomic E-state index is 14.7. The van der Waals surface area contributed by atoms with Crippen LogP contribution in [0.3, 0.4) is 0 Å². The number of carbonyl (C=O) groups excluding carboxylic acids is 1. The van der Waals surface area contributed by atoms with E-state index in [-0.39, 0.29) is 17.5 Å². The molecule has 1 aromatic carbocycles. The van der Waals surface area contributed by atoms with Gasteiger partial charge in [-0.1, -0.05) is 19.9 Å². The van der Waals surface area contributed by atoms with E-state index in [4.69, 9.17) is 4.98 Å². The normalized spacial score (nSPS) is 18.3. The van der Waals surface area contributed by atoms with Gasteiger partial charge in [-0.05, 0) is 76.4 Å². The van der Waals surface area contributed by atoms with Crippen LogP contribution in [-0.4, -0.2) is 51.9 Å². The summed E-state index contributed by atoms with van der Waals surface area (Å²) in [5.41, 5.74) is 3.84. The van der Waals surface area contributed by atoms with Crippen LogP contribution in [0.5, 0.6) is 0 Å². The van der Waals surface area contributed by atoms with E-state index in [1.165, 1.54) is 18.9 Å². The van der Waals surface area contributed by atoms with Crippen LogP contribution >= 0.6 is 0 Å². The van der Waals surface area contributed by atoms with Gasteiger partial charge < -0.3 is 15.5 Å². The fourth-order valence-corrected chi connectivity index (χ4v) is 4.67. The molecule has 7 nitrogen and oxygen atoms in total. The third-order valence-electron chi connectivity index (χ3n) is 6.63. The summed E-state index contributed by atoms with van der Waals surface area (Å²) in [6.07, 6.45) is 6.60. The molecular weight excluding hydrogens is 443 g/mol. The molecule has 35 heavy (non-hydrogen) atoms. The Morgan fingerprint density at radius 1 is 1.14 bits per heavy atom. The molecule has 2 aromatic heterocycles. The summed E-state index contributed by atoms with van der Waals surface area (Å²) in [5, 5.41) is 6.14. The predicted octanol–water partition coefficient (Wildman–Crippen LogP) is 5.41. The van der Waals surface area contributed by atoms with Crippen molar-refractivity contribution in [2.24, 2.45) is 5.92 Å². The SMILES string of the molecule is Cc1cc(-c2ccc(NC(=O)CC(C)C)c(F)c2)nc2cnc(NC3CCC(N(C)C)CC3)nc12. The van der Waals surface area contributed by atoms with Crippen molar-refractivity contribution in [1.29, 1.82) is 0 Å². The first kappa shape index (κ1) is 25.0. The zero-order valence-electron chi connectivity index (χ0n) is 21.2. The number of halogens is 1. The molecule has 4 rings (SSSR count). The van der Waals surface area contributed by atoms with Crippen LogP contribution < -0.4 is 10.6 Å². The highest BCUT2D eigenvalue weighted by molar-refractivity contribution is 5.91. The first-order valence-electron chi connectivity index (χ1n) is 12.4. The molecule has 0 unspecified atom stereocenters. The van der Waals surface area contributed by atoms with Crippen LogP contribution in [0.15, 0.2) is 30.5 Å². The van der Waals surface area contributed by atoms with Crippen molar-refractivity contribution in [2.45, 2.75) is 65.0 Å². The van der Waals surface area contributed by atoms with E-state index < -0.39 is 5.82 Å². The van der Waals surface area contributed by atoms with E-state index in [0.29, 0.717) is 41.2 Å². The summed E-state index contributed by atoms with van der Waals surface area (Å²) in [4.78, 5) is 28.2. The second-order valence-corrected chi connectivity index (χ2v) is 10.2. The van der Waals surface area contributed by atoms with E-state index in [2.05, 4.69) is 39.6 Å². The molecule has 0 saturated heterocycles. The van der Waals surface area contributed by atoms with Gasteiger partial charge in [-0.15, -0.1) is 0 Å². The predicted molar refractivity (Wildman–Crippen MR) is 139 cm³/mol. The topological polar surface area (TPSA) is 83.0 Å². The number of amides is 1. The number of nitrogens with zero attached hydrogens (tertiary/aromatic N) is 4. The van der Waals surface area contributed by atoms with Crippen LogP contribution in [0.25, 0.3) is 22.3 Å². The van der Waals surface area contributed by atoms with Gasteiger partial charge in [0.05, 0.1) is 23.1 Å². The summed E-state index contributed by atoms with van der Waals surface area (Å²) >= 11 is 0. The smallest absolute Gasteiger partial charge is 0.224 e. The Morgan fingerprint density at radius 2 is 1.89 bits per heavy atom. The van der Waals surface area contributed by atoms with Gasteiger partial charge in [0.15, 0.2) is 0 Å². The summed E-state index contributed by atoms with van der Waals surface area (Å²) in [6.45, 7) is 5.88. The van der Waals surface area contributed by atoms with Crippen LogP contribution in [0.4, 0.5) is 16.0 Å². The number of aromatic nitrogens is 3. The lowest BCUT2D eigenvalue weighted by Crippen LogP contribution is -2.36. The largest absolute Gasteiger partial charge is 0.351 e.